The largest absolute Gasteiger partial charge is 0.449 e. The molecule has 0 radical (unpaired) electrons. The van der Waals surface area contributed by atoms with E-state index in [0.29, 0.717) is 5.56 Å². The third kappa shape index (κ3) is 6.08. The first kappa shape index (κ1) is 17.4. The quantitative estimate of drug-likeness (QED) is 0.633. The number of carbonyl (C=O) groups is 1. The number of ether oxygens (including phenoxy) is 1. The first-order chi connectivity index (χ1) is 9.64. The highest BCUT2D eigenvalue weighted by Crippen LogP contribution is 2.09. The average Bonchev–Trinajstić information content (AvgIpc) is 2.35. The molecule has 0 aliphatic carbocycles. The SMILES string of the molecule is CCOC(=O)NS(=O)(=O)NCc1cccc(S(N)(=O)=O)c1. The van der Waals surface area contributed by atoms with Gasteiger partial charge in [0.25, 0.3) is 0 Å². The fraction of sp³-hybridized carbons (Fsp3) is 0.300. The van der Waals surface area contributed by atoms with Crippen LogP contribution in [0, 0.1) is 0 Å². The van der Waals surface area contributed by atoms with E-state index in [-0.39, 0.29) is 18.0 Å². The van der Waals surface area contributed by atoms with Gasteiger partial charge < -0.3 is 4.74 Å². The molecule has 0 aliphatic heterocycles. The molecule has 118 valence electrons. The first-order valence-corrected chi connectivity index (χ1v) is 8.73. The first-order valence-electron chi connectivity index (χ1n) is 5.70. The van der Waals surface area contributed by atoms with Gasteiger partial charge in [0, 0.05) is 6.54 Å². The molecule has 0 bridgehead atoms. The topological polar surface area (TPSA) is 145 Å². The van der Waals surface area contributed by atoms with Crippen LogP contribution in [0.25, 0.3) is 0 Å². The molecule has 1 aromatic carbocycles. The molecule has 0 fully saturated rings. The number of hydrogen-bond acceptors (Lipinski definition) is 6. The van der Waals surface area contributed by atoms with Crippen LogP contribution in [0.3, 0.4) is 0 Å². The van der Waals surface area contributed by atoms with Gasteiger partial charge in [-0.05, 0) is 24.6 Å². The summed E-state index contributed by atoms with van der Waals surface area (Å²) in [6, 6.07) is 5.43. The molecule has 1 rings (SSSR count). The van der Waals surface area contributed by atoms with E-state index in [1.807, 2.05) is 0 Å². The fourth-order valence-corrected chi connectivity index (χ4v) is 2.61. The second kappa shape index (κ2) is 6.85. The molecular formula is C10H15N3O6S2. The molecule has 0 unspecified atom stereocenters. The Kier molecular flexibility index (Phi) is 5.66. The number of primary sulfonamides is 1. The molecule has 0 aromatic heterocycles. The minimum atomic E-state index is -4.10. The molecule has 1 aromatic rings. The van der Waals surface area contributed by atoms with Gasteiger partial charge in [-0.1, -0.05) is 12.1 Å². The number of amides is 1. The van der Waals surface area contributed by atoms with Crippen LogP contribution in [0.1, 0.15) is 12.5 Å². The zero-order chi connectivity index (χ0) is 16.1. The van der Waals surface area contributed by atoms with E-state index in [1.54, 1.807) is 4.72 Å². The van der Waals surface area contributed by atoms with Crippen molar-refractivity contribution >= 4 is 26.3 Å². The number of nitrogens with one attached hydrogen (secondary N) is 2. The van der Waals surface area contributed by atoms with Crippen LogP contribution in [-0.2, 0) is 31.5 Å². The van der Waals surface area contributed by atoms with Crippen LogP contribution in [0.15, 0.2) is 29.2 Å². The number of nitrogens with two attached hydrogens (primary N) is 1. The van der Waals surface area contributed by atoms with Gasteiger partial charge >= 0.3 is 16.3 Å². The third-order valence-corrected chi connectivity index (χ3v) is 4.06. The summed E-state index contributed by atoms with van der Waals surface area (Å²) in [6.07, 6.45) is -1.11. The van der Waals surface area contributed by atoms with E-state index in [0.717, 1.165) is 0 Å². The van der Waals surface area contributed by atoms with Crippen LogP contribution in [-0.4, -0.2) is 29.5 Å². The Labute approximate surface area is 122 Å². The van der Waals surface area contributed by atoms with E-state index in [9.17, 15) is 21.6 Å². The Morgan fingerprint density at radius 2 is 1.95 bits per heavy atom. The molecule has 1 amide bonds. The maximum Gasteiger partial charge on any atom is 0.421 e. The molecule has 0 atom stereocenters. The van der Waals surface area contributed by atoms with Crippen molar-refractivity contribution in [1.82, 2.24) is 9.44 Å². The summed E-state index contributed by atoms with van der Waals surface area (Å²) in [5.41, 5.74) is 0.357. The summed E-state index contributed by atoms with van der Waals surface area (Å²) >= 11 is 0. The van der Waals surface area contributed by atoms with Gasteiger partial charge in [0.15, 0.2) is 0 Å². The fourth-order valence-electron chi connectivity index (χ4n) is 1.32. The zero-order valence-corrected chi connectivity index (χ0v) is 12.7. The minimum absolute atomic E-state index is 0.0256. The number of benzene rings is 1. The summed E-state index contributed by atoms with van der Waals surface area (Å²) in [6.45, 7) is 1.33. The lowest BCUT2D eigenvalue weighted by Gasteiger charge is -2.08. The molecule has 21 heavy (non-hydrogen) atoms. The maximum absolute atomic E-state index is 11.5. The highest BCUT2D eigenvalue weighted by molar-refractivity contribution is 7.89. The van der Waals surface area contributed by atoms with Gasteiger partial charge in [-0.15, -0.1) is 0 Å². The van der Waals surface area contributed by atoms with Gasteiger partial charge in [0.05, 0.1) is 11.5 Å². The Bertz CT molecular complexity index is 714. The van der Waals surface area contributed by atoms with Crippen LogP contribution < -0.4 is 14.6 Å². The Hall–Kier alpha value is -1.69. The van der Waals surface area contributed by atoms with Crippen molar-refractivity contribution < 1.29 is 26.4 Å². The average molecular weight is 337 g/mol. The van der Waals surface area contributed by atoms with Gasteiger partial charge in [-0.25, -0.2) is 23.1 Å². The molecule has 0 saturated heterocycles. The highest BCUT2D eigenvalue weighted by atomic mass is 32.2. The lowest BCUT2D eigenvalue weighted by Crippen LogP contribution is -2.40. The zero-order valence-electron chi connectivity index (χ0n) is 11.1. The van der Waals surface area contributed by atoms with Crippen molar-refractivity contribution in [1.29, 1.82) is 0 Å². The van der Waals surface area contributed by atoms with E-state index >= 15 is 0 Å². The predicted octanol–water partition coefficient (Wildman–Crippen LogP) is -0.585. The van der Waals surface area contributed by atoms with E-state index < -0.39 is 26.3 Å². The van der Waals surface area contributed by atoms with Crippen LogP contribution >= 0.6 is 0 Å². The monoisotopic (exact) mass is 337 g/mol. The molecule has 0 heterocycles. The van der Waals surface area contributed by atoms with Crippen molar-refractivity contribution in [2.75, 3.05) is 6.61 Å². The predicted molar refractivity (Wildman–Crippen MR) is 73.7 cm³/mol. The second-order valence-electron chi connectivity index (χ2n) is 3.84. The number of carbonyl (C=O) groups excluding carboxylic acids is 1. The number of hydrogen-bond donors (Lipinski definition) is 3. The smallest absolute Gasteiger partial charge is 0.421 e. The third-order valence-electron chi connectivity index (χ3n) is 2.19. The van der Waals surface area contributed by atoms with Crippen molar-refractivity contribution in [3.8, 4) is 0 Å². The molecular weight excluding hydrogens is 322 g/mol. The molecule has 0 aliphatic rings. The molecule has 4 N–H and O–H groups in total. The summed E-state index contributed by atoms with van der Waals surface area (Å²) in [7, 11) is -7.98. The number of rotatable bonds is 6. The van der Waals surface area contributed by atoms with Crippen LogP contribution in [0.4, 0.5) is 4.79 Å². The Morgan fingerprint density at radius 1 is 1.29 bits per heavy atom. The molecule has 0 saturated carbocycles. The van der Waals surface area contributed by atoms with Crippen LogP contribution in [0.5, 0.6) is 0 Å². The lowest BCUT2D eigenvalue weighted by atomic mass is 10.2. The van der Waals surface area contributed by atoms with Crippen molar-refractivity contribution in [3.63, 3.8) is 0 Å². The van der Waals surface area contributed by atoms with E-state index in [1.165, 1.54) is 31.2 Å². The summed E-state index contributed by atoms with van der Waals surface area (Å²) < 4.78 is 53.5. The van der Waals surface area contributed by atoms with Gasteiger partial charge in [0.1, 0.15) is 0 Å². The van der Waals surface area contributed by atoms with Crippen molar-refractivity contribution in [2.24, 2.45) is 5.14 Å². The maximum atomic E-state index is 11.5. The van der Waals surface area contributed by atoms with E-state index in [2.05, 4.69) is 9.46 Å². The van der Waals surface area contributed by atoms with Crippen LogP contribution in [0.2, 0.25) is 0 Å². The van der Waals surface area contributed by atoms with Gasteiger partial charge in [-0.3, -0.25) is 0 Å². The summed E-state index contributed by atoms with van der Waals surface area (Å²) in [5, 5.41) is 4.97. The van der Waals surface area contributed by atoms with Gasteiger partial charge in [0.2, 0.25) is 10.0 Å². The normalized spacial score (nSPS) is 11.9. The summed E-state index contributed by atoms with van der Waals surface area (Å²) in [4.78, 5) is 10.9. The van der Waals surface area contributed by atoms with Crippen molar-refractivity contribution in [2.45, 2.75) is 18.4 Å². The van der Waals surface area contributed by atoms with Crippen molar-refractivity contribution in [3.05, 3.63) is 29.8 Å². The Morgan fingerprint density at radius 3 is 2.52 bits per heavy atom. The molecule has 0 spiro atoms. The lowest BCUT2D eigenvalue weighted by molar-refractivity contribution is 0.158. The van der Waals surface area contributed by atoms with Gasteiger partial charge in [-0.2, -0.15) is 13.1 Å². The minimum Gasteiger partial charge on any atom is -0.449 e. The second-order valence-corrected chi connectivity index (χ2v) is 6.90. The summed E-state index contributed by atoms with van der Waals surface area (Å²) in [5.74, 6) is 0. The highest BCUT2D eigenvalue weighted by Gasteiger charge is 2.15. The van der Waals surface area contributed by atoms with E-state index in [4.69, 9.17) is 5.14 Å². The molecule has 9 nitrogen and oxygen atoms in total. The Balaban J connectivity index is 2.73. The standard InChI is InChI=1S/C10H15N3O6S2/c1-2-19-10(14)13-21(17,18)12-7-8-4-3-5-9(6-8)20(11,15)16/h3-6,12H,2,7H2,1H3,(H,13,14)(H2,11,15,16). The molecule has 11 heteroatoms. The number of sulfonamides is 1.